The summed E-state index contributed by atoms with van der Waals surface area (Å²) in [6, 6.07) is 53.4. The minimum atomic E-state index is 0.675. The SMILES string of the molecule is Brc1ccc2oc3c(-c4ccc5oc6ccccc6c5c4)cccc3c2c1.CC.Clc1ccc2c(c1)oc1cccc(-c3ccc4oc5ccccc5c4c3)c12. The molecule has 0 spiro atoms. The van der Waals surface area contributed by atoms with Gasteiger partial charge in [0.2, 0.25) is 0 Å². The second kappa shape index (κ2) is 13.8. The van der Waals surface area contributed by atoms with E-state index in [-0.39, 0.29) is 0 Å². The average Bonchev–Trinajstić information content (AvgIpc) is 4.01. The van der Waals surface area contributed by atoms with Crippen LogP contribution < -0.4 is 0 Å². The van der Waals surface area contributed by atoms with E-state index in [4.69, 9.17) is 29.3 Å². The van der Waals surface area contributed by atoms with Crippen molar-refractivity contribution in [3.63, 3.8) is 0 Å². The van der Waals surface area contributed by atoms with Crippen molar-refractivity contribution in [2.24, 2.45) is 0 Å². The molecule has 0 aliphatic rings. The van der Waals surface area contributed by atoms with E-state index >= 15 is 0 Å². The van der Waals surface area contributed by atoms with Crippen LogP contribution in [0.1, 0.15) is 13.8 Å². The molecule has 12 rings (SSSR count). The monoisotopic (exact) mass is 810 g/mol. The Labute approximate surface area is 334 Å². The zero-order chi connectivity index (χ0) is 37.9. The van der Waals surface area contributed by atoms with Crippen LogP contribution in [0, 0.1) is 0 Å². The van der Waals surface area contributed by atoms with Gasteiger partial charge in [0, 0.05) is 64.2 Å². The van der Waals surface area contributed by atoms with Gasteiger partial charge in [0.1, 0.15) is 44.7 Å². The maximum absolute atomic E-state index is 6.23. The van der Waals surface area contributed by atoms with Crippen LogP contribution in [0.2, 0.25) is 5.02 Å². The summed E-state index contributed by atoms with van der Waals surface area (Å²) in [5.41, 5.74) is 11.6. The standard InChI is InChI=1S/C24H13BrO2.C24H13ClO2.C2H6/c25-15-9-11-23-20(13-15)18-6-3-5-16(24(18)27-23)14-8-10-22-19(12-14)17-4-1-2-7-21(17)26-22;25-15-9-10-18-23(13-15)27-22-7-3-5-16(24(18)22)14-8-11-21-19(12-14)17-4-1-2-6-20(17)26-21;1-2/h2*1-13H;1-2H3. The summed E-state index contributed by atoms with van der Waals surface area (Å²) < 4.78 is 25.2. The van der Waals surface area contributed by atoms with Crippen LogP contribution >= 0.6 is 27.5 Å². The van der Waals surface area contributed by atoms with E-state index in [0.29, 0.717) is 5.02 Å². The van der Waals surface area contributed by atoms with Crippen molar-refractivity contribution in [3.05, 3.63) is 167 Å². The van der Waals surface area contributed by atoms with Crippen LogP contribution in [-0.4, -0.2) is 0 Å². The maximum Gasteiger partial charge on any atom is 0.143 e. The van der Waals surface area contributed by atoms with E-state index in [1.54, 1.807) is 0 Å². The first kappa shape index (κ1) is 34.2. The molecular formula is C50H32BrClO4. The number of fused-ring (bicyclic) bond motifs is 12. The number of para-hydroxylation sites is 3. The Balaban J connectivity index is 0.000000132. The summed E-state index contributed by atoms with van der Waals surface area (Å²) in [5, 5.41) is 9.61. The van der Waals surface area contributed by atoms with Gasteiger partial charge in [-0.05, 0) is 89.5 Å². The highest BCUT2D eigenvalue weighted by molar-refractivity contribution is 9.10. The second-order valence-electron chi connectivity index (χ2n) is 13.5. The highest BCUT2D eigenvalue weighted by Gasteiger charge is 2.16. The Morgan fingerprint density at radius 2 is 0.893 bits per heavy atom. The number of furan rings is 4. The van der Waals surface area contributed by atoms with E-state index in [1.807, 2.05) is 105 Å². The lowest BCUT2D eigenvalue weighted by molar-refractivity contribution is 0.668. The summed E-state index contributed by atoms with van der Waals surface area (Å²) in [6.07, 6.45) is 0. The summed E-state index contributed by atoms with van der Waals surface area (Å²) in [7, 11) is 0. The molecule has 0 atom stereocenters. The first-order valence-corrected chi connectivity index (χ1v) is 19.8. The number of hydrogen-bond donors (Lipinski definition) is 0. The normalized spacial score (nSPS) is 11.6. The lowest BCUT2D eigenvalue weighted by atomic mass is 9.98. The fourth-order valence-corrected chi connectivity index (χ4v) is 8.35. The van der Waals surface area contributed by atoms with E-state index in [9.17, 15) is 0 Å². The van der Waals surface area contributed by atoms with Gasteiger partial charge in [-0.2, -0.15) is 0 Å². The molecule has 8 aromatic carbocycles. The van der Waals surface area contributed by atoms with Crippen molar-refractivity contribution in [1.29, 1.82) is 0 Å². The molecule has 56 heavy (non-hydrogen) atoms. The van der Waals surface area contributed by atoms with Crippen LogP contribution in [0.15, 0.2) is 180 Å². The van der Waals surface area contributed by atoms with Crippen molar-refractivity contribution in [1.82, 2.24) is 0 Å². The molecule has 0 saturated carbocycles. The maximum atomic E-state index is 6.23. The zero-order valence-electron chi connectivity index (χ0n) is 30.4. The van der Waals surface area contributed by atoms with Crippen molar-refractivity contribution in [2.45, 2.75) is 13.8 Å². The molecule has 4 aromatic heterocycles. The molecule has 0 unspecified atom stereocenters. The second-order valence-corrected chi connectivity index (χ2v) is 14.8. The van der Waals surface area contributed by atoms with E-state index in [1.165, 1.54) is 0 Å². The molecule has 270 valence electrons. The van der Waals surface area contributed by atoms with Crippen LogP contribution in [0.25, 0.3) is 110 Å². The first-order valence-electron chi connectivity index (χ1n) is 18.6. The fourth-order valence-electron chi connectivity index (χ4n) is 7.83. The zero-order valence-corrected chi connectivity index (χ0v) is 32.7. The van der Waals surface area contributed by atoms with E-state index in [2.05, 4.69) is 82.7 Å². The molecule has 0 saturated heterocycles. The van der Waals surface area contributed by atoms with Crippen molar-refractivity contribution in [3.8, 4) is 22.3 Å². The summed E-state index contributed by atoms with van der Waals surface area (Å²) in [4.78, 5) is 0. The van der Waals surface area contributed by atoms with Gasteiger partial charge in [0.05, 0.1) is 0 Å². The first-order chi connectivity index (χ1) is 27.6. The van der Waals surface area contributed by atoms with Gasteiger partial charge < -0.3 is 17.7 Å². The quantitative estimate of drug-likeness (QED) is 0.174. The largest absolute Gasteiger partial charge is 0.456 e. The molecule has 0 fully saturated rings. The number of halogens is 2. The van der Waals surface area contributed by atoms with Gasteiger partial charge in [0.25, 0.3) is 0 Å². The lowest BCUT2D eigenvalue weighted by Gasteiger charge is -2.04. The number of rotatable bonds is 2. The molecule has 0 aliphatic heterocycles. The van der Waals surface area contributed by atoms with Crippen LogP contribution in [-0.2, 0) is 0 Å². The Kier molecular flexibility index (Phi) is 8.43. The van der Waals surface area contributed by atoms with Gasteiger partial charge in [-0.15, -0.1) is 0 Å². The third-order valence-corrected chi connectivity index (χ3v) is 11.0. The molecule has 0 aliphatic carbocycles. The smallest absolute Gasteiger partial charge is 0.143 e. The summed E-state index contributed by atoms with van der Waals surface area (Å²) in [6.45, 7) is 4.00. The van der Waals surface area contributed by atoms with E-state index in [0.717, 1.165) is 114 Å². The average molecular weight is 812 g/mol. The highest BCUT2D eigenvalue weighted by Crippen LogP contribution is 2.41. The molecule has 12 aromatic rings. The minimum Gasteiger partial charge on any atom is -0.456 e. The van der Waals surface area contributed by atoms with Crippen LogP contribution in [0.4, 0.5) is 0 Å². The number of hydrogen-bond acceptors (Lipinski definition) is 4. The number of benzene rings is 8. The third-order valence-electron chi connectivity index (χ3n) is 10.3. The third kappa shape index (κ3) is 5.66. The molecule has 4 nitrogen and oxygen atoms in total. The van der Waals surface area contributed by atoms with E-state index < -0.39 is 0 Å². The summed E-state index contributed by atoms with van der Waals surface area (Å²) in [5.74, 6) is 0. The highest BCUT2D eigenvalue weighted by atomic mass is 79.9. The predicted molar refractivity (Wildman–Crippen MR) is 237 cm³/mol. The van der Waals surface area contributed by atoms with Crippen molar-refractivity contribution >= 4 is 115 Å². The molecule has 4 heterocycles. The molecule has 0 N–H and O–H groups in total. The van der Waals surface area contributed by atoms with Crippen molar-refractivity contribution in [2.75, 3.05) is 0 Å². The molecule has 0 amide bonds. The summed E-state index contributed by atoms with van der Waals surface area (Å²) >= 11 is 9.70. The Hall–Kier alpha value is -6.27. The Morgan fingerprint density at radius 1 is 0.375 bits per heavy atom. The molecular weight excluding hydrogens is 780 g/mol. The van der Waals surface area contributed by atoms with Gasteiger partial charge in [0.15, 0.2) is 0 Å². The van der Waals surface area contributed by atoms with Gasteiger partial charge in [-0.3, -0.25) is 0 Å². The van der Waals surface area contributed by atoms with Crippen molar-refractivity contribution < 1.29 is 17.7 Å². The minimum absolute atomic E-state index is 0.675. The van der Waals surface area contributed by atoms with Crippen LogP contribution in [0.5, 0.6) is 0 Å². The molecule has 0 radical (unpaired) electrons. The van der Waals surface area contributed by atoms with Gasteiger partial charge >= 0.3 is 0 Å². The molecule has 6 heteroatoms. The molecule has 0 bridgehead atoms. The Morgan fingerprint density at radius 3 is 1.61 bits per heavy atom. The Bertz CT molecular complexity index is 3430. The lowest BCUT2D eigenvalue weighted by Crippen LogP contribution is -1.80. The van der Waals surface area contributed by atoms with Gasteiger partial charge in [-0.25, -0.2) is 0 Å². The predicted octanol–water partition coefficient (Wildman–Crippen LogP) is 16.7. The fraction of sp³-hybridized carbons (Fsp3) is 0.0400. The van der Waals surface area contributed by atoms with Gasteiger partial charge in [-0.1, -0.05) is 120 Å². The van der Waals surface area contributed by atoms with Crippen LogP contribution in [0.3, 0.4) is 0 Å². The topological polar surface area (TPSA) is 52.6 Å².